The Kier molecular flexibility index (Phi) is 5.51. The maximum Gasteiger partial charge on any atom is 0.226 e. The first-order valence-corrected chi connectivity index (χ1v) is 8.79. The fraction of sp³-hybridized carbons (Fsp3) is 0.474. The van der Waals surface area contributed by atoms with Crippen LogP contribution in [0.3, 0.4) is 0 Å². The van der Waals surface area contributed by atoms with E-state index in [0.717, 1.165) is 30.8 Å². The van der Waals surface area contributed by atoms with E-state index in [1.54, 1.807) is 6.26 Å². The second-order valence-corrected chi connectivity index (χ2v) is 6.40. The Morgan fingerprint density at radius 1 is 1.17 bits per heavy atom. The van der Waals surface area contributed by atoms with Crippen molar-refractivity contribution >= 4 is 5.96 Å². The molecule has 2 aromatic rings. The van der Waals surface area contributed by atoms with Crippen LogP contribution in [0.2, 0.25) is 0 Å². The van der Waals surface area contributed by atoms with Gasteiger partial charge in [0.25, 0.3) is 0 Å². The van der Waals surface area contributed by atoms with E-state index in [4.69, 9.17) is 10.2 Å². The molecular weight excluding hydrogens is 300 g/mol. The minimum atomic E-state index is 0.641. The summed E-state index contributed by atoms with van der Waals surface area (Å²) in [5.41, 5.74) is 9.26. The van der Waals surface area contributed by atoms with Crippen molar-refractivity contribution in [3.05, 3.63) is 41.8 Å². The smallest absolute Gasteiger partial charge is 0.226 e. The molecule has 5 heteroatoms. The van der Waals surface area contributed by atoms with Crippen LogP contribution in [0.4, 0.5) is 0 Å². The molecule has 2 heterocycles. The summed E-state index contributed by atoms with van der Waals surface area (Å²) in [4.78, 5) is 11.3. The third-order valence-electron chi connectivity index (χ3n) is 4.42. The third-order valence-corrected chi connectivity index (χ3v) is 4.42. The minimum absolute atomic E-state index is 0.641. The minimum Gasteiger partial charge on any atom is -0.444 e. The van der Waals surface area contributed by atoms with Crippen molar-refractivity contribution in [1.82, 2.24) is 9.88 Å². The highest BCUT2D eigenvalue weighted by molar-refractivity contribution is 5.78. The molecule has 1 saturated heterocycles. The Bertz CT molecular complexity index is 667. The number of benzene rings is 1. The van der Waals surface area contributed by atoms with Crippen LogP contribution in [0.5, 0.6) is 0 Å². The standard InChI is InChI=1S/C19H26N4O/c1-15-6-8-16(9-7-15)18-22-17(14-24-18)10-11-21-19(20)23-12-4-2-3-5-13-23/h6-9,14H,2-5,10-13H2,1H3,(H2,20,21). The number of aryl methyl sites for hydroxylation is 1. The van der Waals surface area contributed by atoms with Crippen LogP contribution in [0.1, 0.15) is 36.9 Å². The topological polar surface area (TPSA) is 67.7 Å². The van der Waals surface area contributed by atoms with Gasteiger partial charge in [-0.2, -0.15) is 0 Å². The molecule has 1 aromatic heterocycles. The van der Waals surface area contributed by atoms with Crippen molar-refractivity contribution in [2.24, 2.45) is 10.7 Å². The van der Waals surface area contributed by atoms with E-state index >= 15 is 0 Å². The third kappa shape index (κ3) is 4.37. The second-order valence-electron chi connectivity index (χ2n) is 6.40. The molecule has 1 aliphatic heterocycles. The molecule has 0 radical (unpaired) electrons. The number of hydrogen-bond acceptors (Lipinski definition) is 3. The number of hydrogen-bond donors (Lipinski definition) is 1. The van der Waals surface area contributed by atoms with Crippen LogP contribution < -0.4 is 5.73 Å². The van der Waals surface area contributed by atoms with Gasteiger partial charge in [0, 0.05) is 31.6 Å². The molecule has 3 rings (SSSR count). The molecule has 1 aliphatic rings. The Hall–Kier alpha value is -2.30. The van der Waals surface area contributed by atoms with Gasteiger partial charge in [0.1, 0.15) is 6.26 Å². The molecule has 5 nitrogen and oxygen atoms in total. The fourth-order valence-electron chi connectivity index (χ4n) is 2.94. The van der Waals surface area contributed by atoms with E-state index < -0.39 is 0 Å². The summed E-state index contributed by atoms with van der Waals surface area (Å²) in [6, 6.07) is 8.18. The van der Waals surface area contributed by atoms with E-state index in [0.29, 0.717) is 18.4 Å². The molecule has 24 heavy (non-hydrogen) atoms. The van der Waals surface area contributed by atoms with Crippen molar-refractivity contribution in [1.29, 1.82) is 0 Å². The van der Waals surface area contributed by atoms with E-state index in [2.05, 4.69) is 33.9 Å². The van der Waals surface area contributed by atoms with Gasteiger partial charge in [-0.25, -0.2) is 4.98 Å². The first kappa shape index (κ1) is 16.6. The Balaban J connectivity index is 1.55. The number of aromatic nitrogens is 1. The lowest BCUT2D eigenvalue weighted by Gasteiger charge is -2.20. The summed E-state index contributed by atoms with van der Waals surface area (Å²) >= 11 is 0. The lowest BCUT2D eigenvalue weighted by atomic mass is 10.1. The SMILES string of the molecule is Cc1ccc(-c2nc(CCN=C(N)N3CCCCCC3)co2)cc1. The first-order chi connectivity index (χ1) is 11.7. The predicted molar refractivity (Wildman–Crippen MR) is 96.9 cm³/mol. The highest BCUT2D eigenvalue weighted by atomic mass is 16.3. The zero-order valence-corrected chi connectivity index (χ0v) is 14.4. The lowest BCUT2D eigenvalue weighted by molar-refractivity contribution is 0.428. The number of nitrogens with zero attached hydrogens (tertiary/aromatic N) is 3. The molecule has 0 unspecified atom stereocenters. The summed E-state index contributed by atoms with van der Waals surface area (Å²) in [5.74, 6) is 1.33. The monoisotopic (exact) mass is 326 g/mol. The maximum atomic E-state index is 6.12. The van der Waals surface area contributed by atoms with Gasteiger partial charge < -0.3 is 15.1 Å². The van der Waals surface area contributed by atoms with Crippen LogP contribution in [-0.2, 0) is 6.42 Å². The quantitative estimate of drug-likeness (QED) is 0.691. The normalized spacial score (nSPS) is 16.2. The number of aliphatic imine (C=N–C) groups is 1. The van der Waals surface area contributed by atoms with Crippen LogP contribution >= 0.6 is 0 Å². The van der Waals surface area contributed by atoms with Crippen LogP contribution in [0.25, 0.3) is 11.5 Å². The molecule has 0 amide bonds. The summed E-state index contributed by atoms with van der Waals surface area (Å²) in [5, 5.41) is 0. The molecule has 1 aromatic carbocycles. The Morgan fingerprint density at radius 3 is 2.58 bits per heavy atom. The Labute approximate surface area is 143 Å². The number of nitrogens with two attached hydrogens (primary N) is 1. The van der Waals surface area contributed by atoms with E-state index in [-0.39, 0.29) is 0 Å². The summed E-state index contributed by atoms with van der Waals surface area (Å²) in [7, 11) is 0. The van der Waals surface area contributed by atoms with E-state index in [1.165, 1.54) is 31.2 Å². The average molecular weight is 326 g/mol. The van der Waals surface area contributed by atoms with Crippen LogP contribution in [-0.4, -0.2) is 35.5 Å². The second kappa shape index (κ2) is 7.99. The predicted octanol–water partition coefficient (Wildman–Crippen LogP) is 3.38. The summed E-state index contributed by atoms with van der Waals surface area (Å²) < 4.78 is 5.58. The zero-order chi connectivity index (χ0) is 16.8. The lowest BCUT2D eigenvalue weighted by Crippen LogP contribution is -2.38. The molecule has 0 atom stereocenters. The number of rotatable bonds is 4. The molecule has 128 valence electrons. The van der Waals surface area contributed by atoms with Crippen LogP contribution in [0, 0.1) is 6.92 Å². The fourth-order valence-corrected chi connectivity index (χ4v) is 2.94. The van der Waals surface area contributed by atoms with E-state index in [1.807, 2.05) is 12.1 Å². The molecule has 1 fully saturated rings. The molecule has 0 spiro atoms. The van der Waals surface area contributed by atoms with Crippen molar-refractivity contribution in [2.75, 3.05) is 19.6 Å². The maximum absolute atomic E-state index is 6.12. The van der Waals surface area contributed by atoms with Gasteiger partial charge in [-0.1, -0.05) is 30.5 Å². The molecule has 0 aliphatic carbocycles. The van der Waals surface area contributed by atoms with Gasteiger partial charge in [-0.05, 0) is 31.9 Å². The van der Waals surface area contributed by atoms with Gasteiger partial charge in [0.15, 0.2) is 5.96 Å². The molecule has 0 saturated carbocycles. The van der Waals surface area contributed by atoms with Gasteiger partial charge >= 0.3 is 0 Å². The van der Waals surface area contributed by atoms with Crippen molar-refractivity contribution < 1.29 is 4.42 Å². The van der Waals surface area contributed by atoms with Gasteiger partial charge in [0.05, 0.1) is 5.69 Å². The highest BCUT2D eigenvalue weighted by Crippen LogP contribution is 2.19. The van der Waals surface area contributed by atoms with Crippen molar-refractivity contribution in [2.45, 2.75) is 39.0 Å². The van der Waals surface area contributed by atoms with Gasteiger partial charge in [-0.15, -0.1) is 0 Å². The summed E-state index contributed by atoms with van der Waals surface area (Å²) in [6.45, 7) is 4.76. The summed E-state index contributed by atoms with van der Waals surface area (Å²) in [6.07, 6.45) is 7.46. The Morgan fingerprint density at radius 2 is 1.88 bits per heavy atom. The highest BCUT2D eigenvalue weighted by Gasteiger charge is 2.11. The largest absolute Gasteiger partial charge is 0.444 e. The van der Waals surface area contributed by atoms with Crippen LogP contribution in [0.15, 0.2) is 39.9 Å². The first-order valence-electron chi connectivity index (χ1n) is 8.79. The van der Waals surface area contributed by atoms with Crippen molar-refractivity contribution in [3.63, 3.8) is 0 Å². The number of likely N-dealkylation sites (tertiary alicyclic amines) is 1. The van der Waals surface area contributed by atoms with Crippen molar-refractivity contribution in [3.8, 4) is 11.5 Å². The van der Waals surface area contributed by atoms with Gasteiger partial charge in [0.2, 0.25) is 5.89 Å². The zero-order valence-electron chi connectivity index (χ0n) is 14.4. The number of guanidine groups is 1. The molecular formula is C19H26N4O. The number of oxazole rings is 1. The van der Waals surface area contributed by atoms with Gasteiger partial charge in [-0.3, -0.25) is 4.99 Å². The molecule has 0 bridgehead atoms. The molecule has 2 N–H and O–H groups in total. The average Bonchev–Trinajstić information content (AvgIpc) is 2.89. The van der Waals surface area contributed by atoms with E-state index in [9.17, 15) is 0 Å².